The molecule has 0 saturated heterocycles. The Morgan fingerprint density at radius 1 is 1.37 bits per heavy atom. The normalized spacial score (nSPS) is 10.7. The third-order valence-electron chi connectivity index (χ3n) is 2.50. The van der Waals surface area contributed by atoms with E-state index in [-0.39, 0.29) is 28.2 Å². The molecule has 0 atom stereocenters. The fourth-order valence-electron chi connectivity index (χ4n) is 1.68. The van der Waals surface area contributed by atoms with Crippen LogP contribution in [0.3, 0.4) is 0 Å². The van der Waals surface area contributed by atoms with Gasteiger partial charge < -0.3 is 4.42 Å². The maximum absolute atomic E-state index is 11.9. The third-order valence-corrected chi connectivity index (χ3v) is 2.50. The minimum Gasteiger partial charge on any atom is -0.445 e. The van der Waals surface area contributed by atoms with Crippen LogP contribution < -0.4 is 5.43 Å². The smallest absolute Gasteiger partial charge is 0.312 e. The van der Waals surface area contributed by atoms with Crippen LogP contribution in [-0.4, -0.2) is 25.5 Å². The van der Waals surface area contributed by atoms with E-state index in [4.69, 9.17) is 4.42 Å². The monoisotopic (exact) mass is 259 g/mol. The summed E-state index contributed by atoms with van der Waals surface area (Å²) < 4.78 is 5.35. The Labute approximate surface area is 104 Å². The number of rotatable bonds is 2. The first-order chi connectivity index (χ1) is 9.16. The fourth-order valence-corrected chi connectivity index (χ4v) is 1.68. The number of non-ortho nitro benzene ring substituents is 1. The summed E-state index contributed by atoms with van der Waals surface area (Å²) in [6.45, 7) is 0. The van der Waals surface area contributed by atoms with E-state index in [1.165, 1.54) is 18.2 Å². The van der Waals surface area contributed by atoms with E-state index >= 15 is 0 Å². The van der Waals surface area contributed by atoms with E-state index < -0.39 is 10.4 Å². The third kappa shape index (κ3) is 1.73. The number of para-hydroxylation sites is 1. The molecule has 0 spiro atoms. The number of hydrogen-bond donors (Lipinski definition) is 1. The number of nitrogens with zero attached hydrogens (tertiary/aromatic N) is 4. The minimum atomic E-state index is -0.620. The molecule has 9 heteroatoms. The van der Waals surface area contributed by atoms with Gasteiger partial charge in [-0.1, -0.05) is 6.07 Å². The summed E-state index contributed by atoms with van der Waals surface area (Å²) in [6, 6.07) is 5.29. The molecule has 0 unspecified atom stereocenters. The van der Waals surface area contributed by atoms with Gasteiger partial charge in [0.2, 0.25) is 11.4 Å². The number of nitro benzene ring substituents is 1. The van der Waals surface area contributed by atoms with Gasteiger partial charge in [0.1, 0.15) is 0 Å². The van der Waals surface area contributed by atoms with Crippen molar-refractivity contribution in [2.75, 3.05) is 0 Å². The minimum absolute atomic E-state index is 0.0144. The lowest BCUT2D eigenvalue weighted by Gasteiger charge is -1.99. The first-order valence-electron chi connectivity index (χ1n) is 5.12. The van der Waals surface area contributed by atoms with Crippen molar-refractivity contribution in [3.05, 3.63) is 44.6 Å². The summed E-state index contributed by atoms with van der Waals surface area (Å²) in [5.74, 6) is 0.0673. The molecule has 3 rings (SSSR count). The van der Waals surface area contributed by atoms with Gasteiger partial charge in [-0.15, -0.1) is 10.2 Å². The van der Waals surface area contributed by atoms with Crippen LogP contribution in [0.2, 0.25) is 0 Å². The van der Waals surface area contributed by atoms with Gasteiger partial charge in [-0.25, -0.2) is 0 Å². The van der Waals surface area contributed by atoms with Crippen molar-refractivity contribution >= 4 is 16.7 Å². The van der Waals surface area contributed by atoms with E-state index in [1.807, 2.05) is 0 Å². The molecule has 0 radical (unpaired) electrons. The highest BCUT2D eigenvalue weighted by atomic mass is 16.6. The molecule has 0 aliphatic carbocycles. The molecule has 2 heterocycles. The largest absolute Gasteiger partial charge is 0.445 e. The summed E-state index contributed by atoms with van der Waals surface area (Å²) in [6.07, 6.45) is 0. The van der Waals surface area contributed by atoms with Gasteiger partial charge >= 0.3 is 5.69 Å². The topological polar surface area (TPSA) is 128 Å². The molecule has 0 saturated carbocycles. The van der Waals surface area contributed by atoms with Gasteiger partial charge in [-0.2, -0.15) is 5.21 Å². The van der Waals surface area contributed by atoms with Crippen molar-refractivity contribution < 1.29 is 9.34 Å². The van der Waals surface area contributed by atoms with Crippen LogP contribution in [0.25, 0.3) is 22.6 Å². The molecule has 0 bridgehead atoms. The highest BCUT2D eigenvalue weighted by Gasteiger charge is 2.18. The first-order valence-corrected chi connectivity index (χ1v) is 5.12. The lowest BCUT2D eigenvalue weighted by Crippen LogP contribution is -2.02. The van der Waals surface area contributed by atoms with Crippen LogP contribution in [0.4, 0.5) is 5.69 Å². The lowest BCUT2D eigenvalue weighted by atomic mass is 10.2. The lowest BCUT2D eigenvalue weighted by molar-refractivity contribution is -0.383. The molecule has 94 valence electrons. The predicted molar refractivity (Wildman–Crippen MR) is 62.3 cm³/mol. The molecule has 0 aliphatic rings. The van der Waals surface area contributed by atoms with Crippen LogP contribution in [0, 0.1) is 10.1 Å². The van der Waals surface area contributed by atoms with Gasteiger partial charge in [0.25, 0.3) is 0 Å². The molecule has 3 aromatic rings. The quantitative estimate of drug-likeness (QED) is 0.534. The molecule has 2 aromatic heterocycles. The Bertz CT molecular complexity index is 824. The number of benzene rings is 1. The van der Waals surface area contributed by atoms with Crippen LogP contribution >= 0.6 is 0 Å². The molecule has 1 aromatic carbocycles. The van der Waals surface area contributed by atoms with Gasteiger partial charge in [-0.05, 0) is 11.3 Å². The molecule has 19 heavy (non-hydrogen) atoms. The molecule has 9 nitrogen and oxygen atoms in total. The maximum Gasteiger partial charge on any atom is 0.312 e. The highest BCUT2D eigenvalue weighted by molar-refractivity contribution is 5.85. The average Bonchev–Trinajstić information content (AvgIpc) is 2.91. The number of fused-ring (bicyclic) bond motifs is 1. The first kappa shape index (κ1) is 11.0. The van der Waals surface area contributed by atoms with Crippen molar-refractivity contribution in [2.45, 2.75) is 0 Å². The maximum atomic E-state index is 11.9. The molecule has 1 N–H and O–H groups in total. The molecule has 0 fully saturated rings. The van der Waals surface area contributed by atoms with Crippen LogP contribution in [0.15, 0.2) is 33.5 Å². The van der Waals surface area contributed by atoms with E-state index in [1.54, 1.807) is 0 Å². The highest BCUT2D eigenvalue weighted by Crippen LogP contribution is 2.26. The molecule has 0 aliphatic heterocycles. The number of hydrogen-bond acceptors (Lipinski definition) is 7. The zero-order valence-corrected chi connectivity index (χ0v) is 9.23. The van der Waals surface area contributed by atoms with Crippen molar-refractivity contribution in [1.29, 1.82) is 0 Å². The molecular formula is C10H5N5O4. The van der Waals surface area contributed by atoms with Crippen molar-refractivity contribution in [3.8, 4) is 11.6 Å². The van der Waals surface area contributed by atoms with E-state index in [0.717, 1.165) is 6.07 Å². The Morgan fingerprint density at radius 2 is 2.21 bits per heavy atom. The second-order valence-electron chi connectivity index (χ2n) is 3.62. The van der Waals surface area contributed by atoms with Crippen LogP contribution in [0.1, 0.15) is 0 Å². The number of H-pyrrole nitrogens is 1. The fraction of sp³-hybridized carbons (Fsp3) is 0. The second kappa shape index (κ2) is 3.98. The Kier molecular flexibility index (Phi) is 2.31. The van der Waals surface area contributed by atoms with E-state index in [9.17, 15) is 14.9 Å². The average molecular weight is 259 g/mol. The van der Waals surface area contributed by atoms with E-state index in [0.29, 0.717) is 0 Å². The van der Waals surface area contributed by atoms with Crippen LogP contribution in [-0.2, 0) is 0 Å². The number of aromatic amines is 1. The molecular weight excluding hydrogens is 254 g/mol. The summed E-state index contributed by atoms with van der Waals surface area (Å²) in [7, 11) is 0. The zero-order chi connectivity index (χ0) is 13.4. The zero-order valence-electron chi connectivity index (χ0n) is 9.23. The van der Waals surface area contributed by atoms with Crippen molar-refractivity contribution in [1.82, 2.24) is 20.6 Å². The van der Waals surface area contributed by atoms with Gasteiger partial charge in [0.15, 0.2) is 11.2 Å². The summed E-state index contributed by atoms with van der Waals surface area (Å²) in [5, 5.41) is 23.9. The van der Waals surface area contributed by atoms with Gasteiger partial charge in [0.05, 0.1) is 10.3 Å². The summed E-state index contributed by atoms with van der Waals surface area (Å²) in [4.78, 5) is 22.2. The van der Waals surface area contributed by atoms with E-state index in [2.05, 4.69) is 20.6 Å². The second-order valence-corrected chi connectivity index (χ2v) is 3.62. The van der Waals surface area contributed by atoms with Crippen LogP contribution in [0.5, 0.6) is 0 Å². The number of tetrazole rings is 1. The predicted octanol–water partition coefficient (Wildman–Crippen LogP) is 0.881. The van der Waals surface area contributed by atoms with Crippen molar-refractivity contribution in [2.24, 2.45) is 0 Å². The number of aromatic nitrogens is 4. The SMILES string of the molecule is O=c1cc(-c2nn[nH]n2)oc2c([N+](=O)[O-])cccc12. The Balaban J connectivity index is 2.38. The Hall–Kier alpha value is -3.10. The summed E-state index contributed by atoms with van der Waals surface area (Å²) >= 11 is 0. The molecule has 0 amide bonds. The standard InChI is InChI=1S/C10H5N5O4/c16-7-4-8(10-11-13-14-12-10)19-9-5(7)2-1-3-6(9)15(17)18/h1-4H,(H,11,12,13,14). The summed E-state index contributed by atoms with van der Waals surface area (Å²) in [5.41, 5.74) is -0.815. The van der Waals surface area contributed by atoms with Gasteiger partial charge in [0, 0.05) is 12.1 Å². The van der Waals surface area contributed by atoms with Crippen molar-refractivity contribution in [3.63, 3.8) is 0 Å². The number of nitrogens with one attached hydrogen (secondary N) is 1. The number of nitro groups is 1. The Morgan fingerprint density at radius 3 is 2.89 bits per heavy atom. The van der Waals surface area contributed by atoms with Gasteiger partial charge in [-0.3, -0.25) is 14.9 Å².